The van der Waals surface area contributed by atoms with E-state index in [1.807, 2.05) is 32.3 Å². The van der Waals surface area contributed by atoms with Gasteiger partial charge in [0.2, 0.25) is 5.36 Å². The van der Waals surface area contributed by atoms with Gasteiger partial charge < -0.3 is 5.73 Å². The third-order valence-corrected chi connectivity index (χ3v) is 4.00. The average molecular weight is 279 g/mol. The Kier molecular flexibility index (Phi) is 4.26. The third kappa shape index (κ3) is 2.82. The second kappa shape index (κ2) is 5.59. The number of aromatic nitrogens is 1. The van der Waals surface area contributed by atoms with Gasteiger partial charge in [-0.25, -0.2) is 9.56 Å². The molecule has 3 rings (SSSR count). The van der Waals surface area contributed by atoms with Crippen molar-refractivity contribution in [3.05, 3.63) is 41.8 Å². The molecule has 0 radical (unpaired) electrons. The topological polar surface area (TPSA) is 41.9 Å². The first kappa shape index (κ1) is 14.5. The van der Waals surface area contributed by atoms with Gasteiger partial charge in [0.1, 0.15) is 14.1 Å². The van der Waals surface area contributed by atoms with Gasteiger partial charge in [-0.2, -0.15) is 0 Å². The number of benzene rings is 2. The number of hydrogen-bond donors (Lipinski definition) is 1. The molecule has 0 atom stereocenters. The normalized spacial score (nSPS) is 10.4. The van der Waals surface area contributed by atoms with Crippen LogP contribution in [0.2, 0.25) is 0 Å². The van der Waals surface area contributed by atoms with E-state index in [1.54, 1.807) is 11.3 Å². The quantitative estimate of drug-likeness (QED) is 0.249. The van der Waals surface area contributed by atoms with Gasteiger partial charge in [-0.1, -0.05) is 0 Å². The zero-order valence-electron chi connectivity index (χ0n) is 11.3. The van der Waals surface area contributed by atoms with Gasteiger partial charge in [-0.15, -0.1) is 11.3 Å². The Bertz CT molecular complexity index is 775. The van der Waals surface area contributed by atoms with Crippen LogP contribution in [0, 0.1) is 0 Å². The molecular formula is C14H14N3NaS+2. The number of nitrogen functional groups attached to an aromatic ring is 1. The molecule has 1 aliphatic carbocycles. The molecule has 1 aromatic carbocycles. The van der Waals surface area contributed by atoms with Crippen LogP contribution in [0.4, 0.5) is 5.69 Å². The second-order valence-corrected chi connectivity index (χ2v) is 5.57. The van der Waals surface area contributed by atoms with Crippen LogP contribution in [0.25, 0.3) is 20.8 Å². The number of hydrogen-bond acceptors (Lipinski definition) is 3. The van der Waals surface area contributed by atoms with E-state index < -0.39 is 0 Å². The largest absolute Gasteiger partial charge is 1.00 e. The molecule has 0 spiro atoms. The smallest absolute Gasteiger partial charge is 0.399 e. The summed E-state index contributed by atoms with van der Waals surface area (Å²) in [5.74, 6) is 0. The van der Waals surface area contributed by atoms with E-state index in [-0.39, 0.29) is 29.6 Å². The van der Waals surface area contributed by atoms with E-state index in [0.717, 1.165) is 21.6 Å². The van der Waals surface area contributed by atoms with Gasteiger partial charge in [0.25, 0.3) is 0 Å². The summed E-state index contributed by atoms with van der Waals surface area (Å²) >= 11 is 1.73. The van der Waals surface area contributed by atoms with Crippen molar-refractivity contribution >= 4 is 27.2 Å². The minimum atomic E-state index is 0. The fraction of sp³-hybridized carbons (Fsp3) is 0.143. The Hall–Kier alpha value is -0.940. The number of anilines is 1. The SMILES string of the molecule is C[N+](C)=c1ccc2nc3ccc(N)cc3sc-2c1.[Na+]. The summed E-state index contributed by atoms with van der Waals surface area (Å²) in [5, 5.41) is 1.18. The van der Waals surface area contributed by atoms with Crippen molar-refractivity contribution in [1.29, 1.82) is 0 Å². The molecule has 5 heteroatoms. The Balaban J connectivity index is 0.00000133. The predicted molar refractivity (Wildman–Crippen MR) is 77.8 cm³/mol. The summed E-state index contributed by atoms with van der Waals surface area (Å²) in [6.07, 6.45) is 0. The predicted octanol–water partition coefficient (Wildman–Crippen LogP) is -0.981. The summed E-state index contributed by atoms with van der Waals surface area (Å²) in [4.78, 5) is 5.84. The van der Waals surface area contributed by atoms with Crippen LogP contribution in [0.3, 0.4) is 0 Å². The maximum absolute atomic E-state index is 5.82. The van der Waals surface area contributed by atoms with Crippen molar-refractivity contribution < 1.29 is 29.6 Å². The minimum absolute atomic E-state index is 0. The monoisotopic (exact) mass is 279 g/mol. The van der Waals surface area contributed by atoms with E-state index in [0.29, 0.717) is 0 Å². The molecule has 0 fully saturated rings. The summed E-state index contributed by atoms with van der Waals surface area (Å²) in [6, 6.07) is 12.2. The maximum atomic E-state index is 5.82. The molecule has 0 bridgehead atoms. The van der Waals surface area contributed by atoms with Crippen molar-refractivity contribution in [3.63, 3.8) is 0 Å². The first-order chi connectivity index (χ1) is 8.63. The first-order valence-electron chi connectivity index (χ1n) is 5.74. The molecule has 2 N–H and O–H groups in total. The molecule has 2 aliphatic rings. The van der Waals surface area contributed by atoms with Gasteiger partial charge in [0.15, 0.2) is 0 Å². The van der Waals surface area contributed by atoms with Crippen molar-refractivity contribution in [2.45, 2.75) is 0 Å². The van der Waals surface area contributed by atoms with Crippen LogP contribution in [0.5, 0.6) is 0 Å². The maximum Gasteiger partial charge on any atom is 1.00 e. The summed E-state index contributed by atoms with van der Waals surface area (Å²) < 4.78 is 3.22. The van der Waals surface area contributed by atoms with Crippen LogP contribution >= 0.6 is 11.3 Å². The molecule has 90 valence electrons. The second-order valence-electron chi connectivity index (χ2n) is 4.49. The van der Waals surface area contributed by atoms with E-state index in [9.17, 15) is 0 Å². The molecule has 0 aromatic heterocycles. The van der Waals surface area contributed by atoms with E-state index >= 15 is 0 Å². The minimum Gasteiger partial charge on any atom is -0.399 e. The molecule has 0 amide bonds. The van der Waals surface area contributed by atoms with Crippen LogP contribution in [-0.2, 0) is 0 Å². The molecule has 1 aromatic rings. The van der Waals surface area contributed by atoms with Crippen LogP contribution < -0.4 is 45.2 Å². The Labute approximate surface area is 138 Å². The fourth-order valence-electron chi connectivity index (χ4n) is 1.91. The Morgan fingerprint density at radius 1 is 1.11 bits per heavy atom. The Morgan fingerprint density at radius 3 is 2.63 bits per heavy atom. The number of fused-ring (bicyclic) bond motifs is 2. The molecular weight excluding hydrogens is 265 g/mol. The van der Waals surface area contributed by atoms with Gasteiger partial charge in [0, 0.05) is 17.8 Å². The van der Waals surface area contributed by atoms with Crippen LogP contribution in [0.15, 0.2) is 36.4 Å². The van der Waals surface area contributed by atoms with E-state index in [1.165, 1.54) is 10.2 Å². The molecule has 19 heavy (non-hydrogen) atoms. The zero-order valence-corrected chi connectivity index (χ0v) is 14.2. The van der Waals surface area contributed by atoms with Crippen molar-refractivity contribution in [3.8, 4) is 10.6 Å². The van der Waals surface area contributed by atoms with Gasteiger partial charge >= 0.3 is 29.6 Å². The van der Waals surface area contributed by atoms with Crippen molar-refractivity contribution in [2.75, 3.05) is 19.8 Å². The third-order valence-electron chi connectivity index (χ3n) is 2.90. The standard InChI is InChI=1S/C14H13N3S.Na/c1-17(2)10-4-6-12-14(8-10)18-13-7-9(15)3-5-11(13)16-12;/h3-8,15H,1-2H3;/q;+1/p+1. The first-order valence-corrected chi connectivity index (χ1v) is 6.55. The number of rotatable bonds is 0. The van der Waals surface area contributed by atoms with Gasteiger partial charge in [-0.05, 0) is 24.3 Å². The van der Waals surface area contributed by atoms with Gasteiger partial charge in [-0.3, -0.25) is 0 Å². The zero-order chi connectivity index (χ0) is 12.7. The molecule has 3 nitrogen and oxygen atoms in total. The van der Waals surface area contributed by atoms with Crippen molar-refractivity contribution in [1.82, 2.24) is 9.56 Å². The molecule has 1 aliphatic heterocycles. The molecule has 0 saturated carbocycles. The Morgan fingerprint density at radius 2 is 1.89 bits per heavy atom. The summed E-state index contributed by atoms with van der Waals surface area (Å²) in [6.45, 7) is 0. The molecule has 0 saturated heterocycles. The van der Waals surface area contributed by atoms with E-state index in [2.05, 4.69) is 27.8 Å². The van der Waals surface area contributed by atoms with Crippen molar-refractivity contribution in [2.24, 2.45) is 0 Å². The van der Waals surface area contributed by atoms with E-state index in [4.69, 9.17) is 5.73 Å². The molecule has 0 unspecified atom stereocenters. The summed E-state index contributed by atoms with van der Waals surface area (Å²) in [5.41, 5.74) is 8.63. The van der Waals surface area contributed by atoms with Crippen LogP contribution in [0.1, 0.15) is 0 Å². The van der Waals surface area contributed by atoms with Crippen LogP contribution in [-0.4, -0.2) is 19.1 Å². The number of nitrogens with two attached hydrogens (primary N) is 1. The average Bonchev–Trinajstić information content (AvgIpc) is 2.35. The summed E-state index contributed by atoms with van der Waals surface area (Å²) in [7, 11) is 4.08. The van der Waals surface area contributed by atoms with Gasteiger partial charge in [0.05, 0.1) is 20.8 Å². The molecule has 1 heterocycles. The fourth-order valence-corrected chi connectivity index (χ4v) is 2.96. The number of nitrogens with zero attached hydrogens (tertiary/aromatic N) is 2.